The second-order valence-corrected chi connectivity index (χ2v) is 4.42. The minimum absolute atomic E-state index is 0.681. The maximum absolute atomic E-state index is 5.96. The lowest BCUT2D eigenvalue weighted by molar-refractivity contribution is 0.288. The Hall–Kier alpha value is -1.16. The summed E-state index contributed by atoms with van der Waals surface area (Å²) in [6.07, 6.45) is 3.20. The Bertz CT molecular complexity index is 376. The molecule has 1 aliphatic rings. The molecule has 0 saturated carbocycles. The van der Waals surface area contributed by atoms with E-state index < -0.39 is 0 Å². The zero-order chi connectivity index (χ0) is 11.5. The third kappa shape index (κ3) is 2.32. The topological polar surface area (TPSA) is 55.0 Å². The van der Waals surface area contributed by atoms with Gasteiger partial charge in [-0.15, -0.1) is 0 Å². The van der Waals surface area contributed by atoms with Gasteiger partial charge in [0.1, 0.15) is 11.6 Å². The van der Waals surface area contributed by atoms with Crippen molar-refractivity contribution < 1.29 is 0 Å². The van der Waals surface area contributed by atoms with Crippen molar-refractivity contribution in [1.29, 1.82) is 0 Å². The first-order valence-corrected chi connectivity index (χ1v) is 6.05. The van der Waals surface area contributed by atoms with Crippen LogP contribution in [0.2, 0.25) is 0 Å². The molecule has 0 atom stereocenters. The third-order valence-electron chi connectivity index (χ3n) is 3.12. The molecule has 0 amide bonds. The zero-order valence-electron chi connectivity index (χ0n) is 10.2. The summed E-state index contributed by atoms with van der Waals surface area (Å²) in [5.41, 5.74) is 8.29. The molecule has 1 aromatic rings. The Kier molecular flexibility index (Phi) is 3.39. The highest BCUT2D eigenvalue weighted by molar-refractivity contribution is 5.43. The van der Waals surface area contributed by atoms with Crippen LogP contribution >= 0.6 is 0 Å². The van der Waals surface area contributed by atoms with Crippen LogP contribution in [-0.2, 0) is 12.8 Å². The average Bonchev–Trinajstić information content (AvgIpc) is 2.42. The number of nitrogen functional groups attached to an aromatic ring is 1. The van der Waals surface area contributed by atoms with Gasteiger partial charge in [0.15, 0.2) is 0 Å². The quantitative estimate of drug-likeness (QED) is 0.813. The number of nitrogens with two attached hydrogens (primary N) is 1. The lowest BCUT2D eigenvalue weighted by Crippen LogP contribution is -2.27. The van der Waals surface area contributed by atoms with Crippen molar-refractivity contribution in [2.75, 3.05) is 25.4 Å². The normalized spacial score (nSPS) is 16.9. The lowest BCUT2D eigenvalue weighted by atomic mass is 10.1. The first-order chi connectivity index (χ1) is 7.70. The SMILES string of the molecule is CCCN1CCc2nc(C)nc(N)c2CC1. The fourth-order valence-electron chi connectivity index (χ4n) is 2.34. The second-order valence-electron chi connectivity index (χ2n) is 4.42. The van der Waals surface area contributed by atoms with Crippen molar-refractivity contribution >= 4 is 5.82 Å². The van der Waals surface area contributed by atoms with Crippen LogP contribution in [0.1, 0.15) is 30.4 Å². The molecule has 2 N–H and O–H groups in total. The minimum atomic E-state index is 0.681. The summed E-state index contributed by atoms with van der Waals surface area (Å²) in [4.78, 5) is 11.2. The van der Waals surface area contributed by atoms with E-state index in [1.165, 1.54) is 18.5 Å². The molecule has 0 radical (unpaired) electrons. The molecule has 0 unspecified atom stereocenters. The molecule has 1 aromatic heterocycles. The van der Waals surface area contributed by atoms with E-state index in [4.69, 9.17) is 5.73 Å². The number of hydrogen-bond donors (Lipinski definition) is 1. The molecule has 0 fully saturated rings. The van der Waals surface area contributed by atoms with Crippen molar-refractivity contribution in [1.82, 2.24) is 14.9 Å². The molecule has 2 heterocycles. The predicted molar refractivity (Wildman–Crippen MR) is 65.3 cm³/mol. The molecular formula is C12H20N4. The van der Waals surface area contributed by atoms with Crippen LogP contribution in [0.3, 0.4) is 0 Å². The third-order valence-corrected chi connectivity index (χ3v) is 3.12. The van der Waals surface area contributed by atoms with Gasteiger partial charge in [-0.1, -0.05) is 6.92 Å². The standard InChI is InChI=1S/C12H20N4/c1-3-6-16-7-4-10-11(5-8-16)14-9(2)15-12(10)13/h3-8H2,1-2H3,(H2,13,14,15). The zero-order valence-corrected chi connectivity index (χ0v) is 10.2. The molecular weight excluding hydrogens is 200 g/mol. The van der Waals surface area contributed by atoms with Crippen LogP contribution in [0.15, 0.2) is 0 Å². The van der Waals surface area contributed by atoms with E-state index in [1.807, 2.05) is 6.92 Å². The van der Waals surface area contributed by atoms with Crippen LogP contribution in [0.5, 0.6) is 0 Å². The fourth-order valence-corrected chi connectivity index (χ4v) is 2.34. The Morgan fingerprint density at radius 2 is 2.00 bits per heavy atom. The van der Waals surface area contributed by atoms with Gasteiger partial charge in [0.05, 0.1) is 5.69 Å². The summed E-state index contributed by atoms with van der Waals surface area (Å²) in [5.74, 6) is 1.47. The highest BCUT2D eigenvalue weighted by Crippen LogP contribution is 2.19. The van der Waals surface area contributed by atoms with E-state index in [0.29, 0.717) is 5.82 Å². The number of anilines is 1. The smallest absolute Gasteiger partial charge is 0.130 e. The highest BCUT2D eigenvalue weighted by Gasteiger charge is 2.17. The van der Waals surface area contributed by atoms with Gasteiger partial charge in [-0.25, -0.2) is 9.97 Å². The Labute approximate surface area is 96.9 Å². The molecule has 0 bridgehead atoms. The maximum Gasteiger partial charge on any atom is 0.130 e. The van der Waals surface area contributed by atoms with Gasteiger partial charge in [-0.05, 0) is 26.3 Å². The van der Waals surface area contributed by atoms with Gasteiger partial charge in [-0.3, -0.25) is 0 Å². The molecule has 16 heavy (non-hydrogen) atoms. The van der Waals surface area contributed by atoms with Crippen molar-refractivity contribution in [3.63, 3.8) is 0 Å². The van der Waals surface area contributed by atoms with E-state index in [-0.39, 0.29) is 0 Å². The van der Waals surface area contributed by atoms with Crippen molar-refractivity contribution in [2.45, 2.75) is 33.1 Å². The van der Waals surface area contributed by atoms with E-state index in [1.54, 1.807) is 0 Å². The number of fused-ring (bicyclic) bond motifs is 1. The highest BCUT2D eigenvalue weighted by atomic mass is 15.1. The molecule has 0 aromatic carbocycles. The van der Waals surface area contributed by atoms with Crippen molar-refractivity contribution in [3.05, 3.63) is 17.1 Å². The summed E-state index contributed by atoms with van der Waals surface area (Å²) in [7, 11) is 0. The van der Waals surface area contributed by atoms with E-state index in [2.05, 4.69) is 21.8 Å². The summed E-state index contributed by atoms with van der Waals surface area (Å²) >= 11 is 0. The van der Waals surface area contributed by atoms with Crippen molar-refractivity contribution in [2.24, 2.45) is 0 Å². The molecule has 1 aliphatic heterocycles. The van der Waals surface area contributed by atoms with Gasteiger partial charge in [0, 0.05) is 25.1 Å². The van der Waals surface area contributed by atoms with E-state index >= 15 is 0 Å². The monoisotopic (exact) mass is 220 g/mol. The van der Waals surface area contributed by atoms with Gasteiger partial charge in [-0.2, -0.15) is 0 Å². The minimum Gasteiger partial charge on any atom is -0.383 e. The van der Waals surface area contributed by atoms with E-state index in [0.717, 1.165) is 37.4 Å². The first kappa shape index (κ1) is 11.3. The van der Waals surface area contributed by atoms with E-state index in [9.17, 15) is 0 Å². The molecule has 88 valence electrons. The van der Waals surface area contributed by atoms with Gasteiger partial charge < -0.3 is 10.6 Å². The van der Waals surface area contributed by atoms with Crippen LogP contribution in [-0.4, -0.2) is 34.5 Å². The first-order valence-electron chi connectivity index (χ1n) is 6.05. The molecule has 4 heteroatoms. The van der Waals surface area contributed by atoms with Crippen LogP contribution in [0.25, 0.3) is 0 Å². The molecule has 0 aliphatic carbocycles. The number of hydrogen-bond acceptors (Lipinski definition) is 4. The van der Waals surface area contributed by atoms with Gasteiger partial charge in [0.25, 0.3) is 0 Å². The maximum atomic E-state index is 5.96. The van der Waals surface area contributed by atoms with Crippen LogP contribution < -0.4 is 5.73 Å². The summed E-state index contributed by atoms with van der Waals surface area (Å²) < 4.78 is 0. The molecule has 0 spiro atoms. The Morgan fingerprint density at radius 1 is 1.25 bits per heavy atom. The predicted octanol–water partition coefficient (Wildman–Crippen LogP) is 1.18. The Morgan fingerprint density at radius 3 is 2.75 bits per heavy atom. The van der Waals surface area contributed by atoms with Crippen LogP contribution in [0, 0.1) is 6.92 Å². The largest absolute Gasteiger partial charge is 0.383 e. The summed E-state index contributed by atoms with van der Waals surface area (Å²) in [6, 6.07) is 0. The molecule has 0 saturated heterocycles. The number of aromatic nitrogens is 2. The van der Waals surface area contributed by atoms with Gasteiger partial charge >= 0.3 is 0 Å². The second kappa shape index (κ2) is 4.78. The average molecular weight is 220 g/mol. The van der Waals surface area contributed by atoms with Gasteiger partial charge in [0.2, 0.25) is 0 Å². The van der Waals surface area contributed by atoms with Crippen molar-refractivity contribution in [3.8, 4) is 0 Å². The van der Waals surface area contributed by atoms with Crippen LogP contribution in [0.4, 0.5) is 5.82 Å². The number of nitrogens with zero attached hydrogens (tertiary/aromatic N) is 3. The molecule has 2 rings (SSSR count). The fraction of sp³-hybridized carbons (Fsp3) is 0.667. The summed E-state index contributed by atoms with van der Waals surface area (Å²) in [6.45, 7) is 7.47. The number of rotatable bonds is 2. The summed E-state index contributed by atoms with van der Waals surface area (Å²) in [5, 5.41) is 0. The molecule has 4 nitrogen and oxygen atoms in total. The Balaban J connectivity index is 2.20. The lowest BCUT2D eigenvalue weighted by Gasteiger charge is -2.17. The number of aryl methyl sites for hydroxylation is 1.